The number of fused-ring (bicyclic) bond motifs is 1. The molecular formula is C7H8N2O2. The van der Waals surface area contributed by atoms with Crippen molar-refractivity contribution in [3.05, 3.63) is 18.2 Å². The summed E-state index contributed by atoms with van der Waals surface area (Å²) in [7, 11) is 0. The standard InChI is InChI=1S/C7H8N2O2/c10-7(11)5-1-6-2-8-4-9(6)3-5/h2,4-5H,1,3H2,(H,10,11). The van der Waals surface area contributed by atoms with Gasteiger partial charge in [0.15, 0.2) is 0 Å². The summed E-state index contributed by atoms with van der Waals surface area (Å²) < 4.78 is 1.89. The first-order valence-corrected chi connectivity index (χ1v) is 3.49. The molecule has 1 aromatic rings. The predicted octanol–water partition coefficient (Wildman–Crippen LogP) is 0.140. The molecule has 0 saturated heterocycles. The Morgan fingerprint density at radius 1 is 1.82 bits per heavy atom. The van der Waals surface area contributed by atoms with E-state index in [1.54, 1.807) is 12.5 Å². The SMILES string of the molecule is O=C(O)C1Cc2cncn2C1. The van der Waals surface area contributed by atoms with Crippen LogP contribution in [0.1, 0.15) is 5.69 Å². The zero-order valence-corrected chi connectivity index (χ0v) is 5.90. The van der Waals surface area contributed by atoms with E-state index >= 15 is 0 Å². The fraction of sp³-hybridized carbons (Fsp3) is 0.429. The number of aromatic nitrogens is 2. The molecule has 1 aliphatic rings. The summed E-state index contributed by atoms with van der Waals surface area (Å²) in [5.74, 6) is -0.957. The summed E-state index contributed by atoms with van der Waals surface area (Å²) in [4.78, 5) is 14.4. The van der Waals surface area contributed by atoms with Crippen LogP contribution in [0.2, 0.25) is 0 Å². The number of imidazole rings is 1. The van der Waals surface area contributed by atoms with Crippen LogP contribution in [0, 0.1) is 5.92 Å². The average Bonchev–Trinajstić information content (AvgIpc) is 2.40. The normalized spacial score (nSPS) is 21.6. The number of carbonyl (C=O) groups is 1. The number of rotatable bonds is 1. The molecule has 2 heterocycles. The molecule has 0 aliphatic carbocycles. The highest BCUT2D eigenvalue weighted by Crippen LogP contribution is 2.19. The molecule has 1 atom stereocenters. The van der Waals surface area contributed by atoms with E-state index in [0.717, 1.165) is 5.69 Å². The van der Waals surface area contributed by atoms with Crippen LogP contribution in [0.3, 0.4) is 0 Å². The zero-order valence-electron chi connectivity index (χ0n) is 5.90. The third kappa shape index (κ3) is 0.906. The summed E-state index contributed by atoms with van der Waals surface area (Å²) in [6.07, 6.45) is 4.02. The van der Waals surface area contributed by atoms with Crippen molar-refractivity contribution in [2.75, 3.05) is 0 Å². The van der Waals surface area contributed by atoms with E-state index in [1.807, 2.05) is 4.57 Å². The Balaban J connectivity index is 2.22. The van der Waals surface area contributed by atoms with Gasteiger partial charge in [-0.1, -0.05) is 0 Å². The molecule has 1 unspecified atom stereocenters. The molecule has 4 nitrogen and oxygen atoms in total. The highest BCUT2D eigenvalue weighted by atomic mass is 16.4. The fourth-order valence-electron chi connectivity index (χ4n) is 1.40. The van der Waals surface area contributed by atoms with Crippen LogP contribution < -0.4 is 0 Å². The molecule has 0 amide bonds. The van der Waals surface area contributed by atoms with E-state index in [-0.39, 0.29) is 5.92 Å². The molecule has 0 fully saturated rings. The second kappa shape index (κ2) is 2.08. The van der Waals surface area contributed by atoms with Gasteiger partial charge >= 0.3 is 5.97 Å². The average molecular weight is 152 g/mol. The lowest BCUT2D eigenvalue weighted by Gasteiger charge is -1.99. The lowest BCUT2D eigenvalue weighted by Crippen LogP contribution is -2.14. The molecule has 11 heavy (non-hydrogen) atoms. The van der Waals surface area contributed by atoms with E-state index in [9.17, 15) is 4.79 Å². The Morgan fingerprint density at radius 2 is 2.64 bits per heavy atom. The van der Waals surface area contributed by atoms with Crippen LogP contribution in [0.15, 0.2) is 12.5 Å². The summed E-state index contributed by atoms with van der Waals surface area (Å²) in [6, 6.07) is 0. The second-order valence-electron chi connectivity index (χ2n) is 2.78. The molecular weight excluding hydrogens is 144 g/mol. The molecule has 1 N–H and O–H groups in total. The Hall–Kier alpha value is -1.32. The van der Waals surface area contributed by atoms with Gasteiger partial charge in [-0.3, -0.25) is 4.79 Å². The molecule has 2 rings (SSSR count). The van der Waals surface area contributed by atoms with Gasteiger partial charge < -0.3 is 9.67 Å². The maximum absolute atomic E-state index is 10.5. The smallest absolute Gasteiger partial charge is 0.308 e. The van der Waals surface area contributed by atoms with Gasteiger partial charge in [-0.15, -0.1) is 0 Å². The third-order valence-electron chi connectivity index (χ3n) is 2.02. The van der Waals surface area contributed by atoms with Crippen molar-refractivity contribution < 1.29 is 9.90 Å². The second-order valence-corrected chi connectivity index (χ2v) is 2.78. The van der Waals surface area contributed by atoms with Crippen LogP contribution in [0.5, 0.6) is 0 Å². The first-order valence-electron chi connectivity index (χ1n) is 3.49. The van der Waals surface area contributed by atoms with E-state index in [2.05, 4.69) is 4.98 Å². The van der Waals surface area contributed by atoms with E-state index in [1.165, 1.54) is 0 Å². The lowest BCUT2D eigenvalue weighted by molar-refractivity contribution is -0.141. The molecule has 0 bridgehead atoms. The number of nitrogens with zero attached hydrogens (tertiary/aromatic N) is 2. The largest absolute Gasteiger partial charge is 0.481 e. The molecule has 0 spiro atoms. The zero-order chi connectivity index (χ0) is 7.84. The van der Waals surface area contributed by atoms with Crippen molar-refractivity contribution in [1.82, 2.24) is 9.55 Å². The maximum Gasteiger partial charge on any atom is 0.308 e. The van der Waals surface area contributed by atoms with Gasteiger partial charge in [-0.2, -0.15) is 0 Å². The Kier molecular flexibility index (Phi) is 1.21. The quantitative estimate of drug-likeness (QED) is 0.622. The van der Waals surface area contributed by atoms with Crippen molar-refractivity contribution in [2.24, 2.45) is 5.92 Å². The predicted molar refractivity (Wildman–Crippen MR) is 37.1 cm³/mol. The van der Waals surface area contributed by atoms with Gasteiger partial charge in [0.2, 0.25) is 0 Å². The number of aliphatic carboxylic acids is 1. The first kappa shape index (κ1) is 6.39. The van der Waals surface area contributed by atoms with Crippen molar-refractivity contribution in [2.45, 2.75) is 13.0 Å². The van der Waals surface area contributed by atoms with E-state index in [0.29, 0.717) is 13.0 Å². The van der Waals surface area contributed by atoms with Crippen molar-refractivity contribution >= 4 is 5.97 Å². The van der Waals surface area contributed by atoms with Gasteiger partial charge in [0.25, 0.3) is 0 Å². The van der Waals surface area contributed by atoms with Crippen molar-refractivity contribution in [3.8, 4) is 0 Å². The summed E-state index contributed by atoms with van der Waals surface area (Å²) in [5.41, 5.74) is 1.03. The topological polar surface area (TPSA) is 55.1 Å². The Bertz CT molecular complexity index is 272. The maximum atomic E-state index is 10.5. The van der Waals surface area contributed by atoms with Crippen LogP contribution in [-0.4, -0.2) is 20.6 Å². The van der Waals surface area contributed by atoms with Crippen LogP contribution >= 0.6 is 0 Å². The highest BCUT2D eigenvalue weighted by molar-refractivity contribution is 5.70. The van der Waals surface area contributed by atoms with E-state index in [4.69, 9.17) is 5.11 Å². The van der Waals surface area contributed by atoms with Crippen molar-refractivity contribution in [3.63, 3.8) is 0 Å². The fourth-order valence-corrected chi connectivity index (χ4v) is 1.40. The molecule has 0 saturated carbocycles. The van der Waals surface area contributed by atoms with Gasteiger partial charge in [0.05, 0.1) is 12.2 Å². The third-order valence-corrected chi connectivity index (χ3v) is 2.02. The van der Waals surface area contributed by atoms with Crippen LogP contribution in [0.25, 0.3) is 0 Å². The molecule has 1 aromatic heterocycles. The Morgan fingerprint density at radius 3 is 3.27 bits per heavy atom. The number of carboxylic acids is 1. The van der Waals surface area contributed by atoms with E-state index < -0.39 is 5.97 Å². The van der Waals surface area contributed by atoms with Gasteiger partial charge in [0.1, 0.15) is 0 Å². The van der Waals surface area contributed by atoms with Gasteiger partial charge in [-0.05, 0) is 0 Å². The minimum absolute atomic E-state index is 0.243. The van der Waals surface area contributed by atoms with Crippen molar-refractivity contribution in [1.29, 1.82) is 0 Å². The number of hydrogen-bond acceptors (Lipinski definition) is 2. The molecule has 0 radical (unpaired) electrons. The molecule has 1 aliphatic heterocycles. The summed E-state index contributed by atoms with van der Waals surface area (Å²) in [6.45, 7) is 0.574. The number of hydrogen-bond donors (Lipinski definition) is 1. The first-order chi connectivity index (χ1) is 5.27. The summed E-state index contributed by atoms with van der Waals surface area (Å²) in [5, 5.41) is 8.67. The lowest BCUT2D eigenvalue weighted by atomic mass is 10.1. The van der Waals surface area contributed by atoms with Gasteiger partial charge in [0, 0.05) is 24.9 Å². The number of carboxylic acid groups (broad SMARTS) is 1. The van der Waals surface area contributed by atoms with Gasteiger partial charge in [-0.25, -0.2) is 4.98 Å². The monoisotopic (exact) mass is 152 g/mol. The summed E-state index contributed by atoms with van der Waals surface area (Å²) >= 11 is 0. The highest BCUT2D eigenvalue weighted by Gasteiger charge is 2.26. The minimum atomic E-state index is -0.714. The minimum Gasteiger partial charge on any atom is -0.481 e. The van der Waals surface area contributed by atoms with Crippen LogP contribution in [-0.2, 0) is 17.8 Å². The Labute approximate surface area is 63.5 Å². The molecule has 0 aromatic carbocycles. The molecule has 4 heteroatoms. The molecule has 58 valence electrons. The van der Waals surface area contributed by atoms with Crippen LogP contribution in [0.4, 0.5) is 0 Å².